The molecule has 1 amide bonds. The molecule has 1 saturated heterocycles. The van der Waals surface area contributed by atoms with Crippen LogP contribution in [0.1, 0.15) is 20.8 Å². The van der Waals surface area contributed by atoms with Crippen LogP contribution in [-0.2, 0) is 23.8 Å². The lowest BCUT2D eigenvalue weighted by atomic mass is 10.2. The highest BCUT2D eigenvalue weighted by atomic mass is 35.5. The number of benzene rings is 1. The van der Waals surface area contributed by atoms with Crippen LogP contribution in [0, 0.1) is 0 Å². The summed E-state index contributed by atoms with van der Waals surface area (Å²) in [6.45, 7) is 6.03. The zero-order valence-corrected chi connectivity index (χ0v) is 16.0. The van der Waals surface area contributed by atoms with Gasteiger partial charge in [-0.25, -0.2) is 4.79 Å². The summed E-state index contributed by atoms with van der Waals surface area (Å²) in [5.74, 6) is 0. The van der Waals surface area contributed by atoms with Crippen molar-refractivity contribution in [1.29, 1.82) is 0 Å². The zero-order chi connectivity index (χ0) is 18.7. The van der Waals surface area contributed by atoms with Crippen LogP contribution in [0.4, 0.5) is 4.79 Å². The molecule has 0 bridgehead atoms. The lowest BCUT2D eigenvalue weighted by Crippen LogP contribution is -2.48. The normalized spacial score (nSPS) is 18.9. The van der Waals surface area contributed by atoms with Crippen LogP contribution in [0.15, 0.2) is 29.2 Å². The summed E-state index contributed by atoms with van der Waals surface area (Å²) in [4.78, 5) is 13.6. The number of amides is 1. The number of rotatable bonds is 4. The Morgan fingerprint density at radius 1 is 1.32 bits per heavy atom. The van der Waals surface area contributed by atoms with Crippen LogP contribution in [0.2, 0.25) is 5.02 Å². The zero-order valence-electron chi connectivity index (χ0n) is 14.4. The molecule has 25 heavy (non-hydrogen) atoms. The molecule has 7 nitrogen and oxygen atoms in total. The molecule has 140 valence electrons. The van der Waals surface area contributed by atoms with Gasteiger partial charge in [0.1, 0.15) is 11.7 Å². The highest BCUT2D eigenvalue weighted by molar-refractivity contribution is 7.86. The van der Waals surface area contributed by atoms with Crippen LogP contribution in [-0.4, -0.2) is 57.4 Å². The summed E-state index contributed by atoms with van der Waals surface area (Å²) in [5.41, 5.74) is -0.598. The average molecular weight is 392 g/mol. The van der Waals surface area contributed by atoms with E-state index in [1.165, 1.54) is 29.2 Å². The van der Waals surface area contributed by atoms with Gasteiger partial charge in [-0.2, -0.15) is 8.42 Å². The largest absolute Gasteiger partial charge is 0.444 e. The van der Waals surface area contributed by atoms with E-state index in [1.54, 1.807) is 20.8 Å². The van der Waals surface area contributed by atoms with Crippen molar-refractivity contribution in [1.82, 2.24) is 4.90 Å². The van der Waals surface area contributed by atoms with E-state index in [2.05, 4.69) is 0 Å². The first kappa shape index (κ1) is 20.0. The Bertz CT molecular complexity index is 698. The molecular weight excluding hydrogens is 370 g/mol. The Kier molecular flexibility index (Phi) is 6.31. The molecule has 1 heterocycles. The molecule has 1 aliphatic heterocycles. The minimum atomic E-state index is -3.92. The Morgan fingerprint density at radius 3 is 2.56 bits per heavy atom. The molecule has 0 N–H and O–H groups in total. The van der Waals surface area contributed by atoms with Crippen molar-refractivity contribution in [2.45, 2.75) is 37.4 Å². The van der Waals surface area contributed by atoms with Gasteiger partial charge in [-0.05, 0) is 45.0 Å². The van der Waals surface area contributed by atoms with E-state index >= 15 is 0 Å². The van der Waals surface area contributed by atoms with Crippen molar-refractivity contribution >= 4 is 27.8 Å². The fraction of sp³-hybridized carbons (Fsp3) is 0.562. The van der Waals surface area contributed by atoms with Crippen LogP contribution in [0.25, 0.3) is 0 Å². The van der Waals surface area contributed by atoms with E-state index in [9.17, 15) is 13.2 Å². The Balaban J connectivity index is 1.92. The fourth-order valence-corrected chi connectivity index (χ4v) is 3.21. The van der Waals surface area contributed by atoms with E-state index in [1.807, 2.05) is 0 Å². The maximum Gasteiger partial charge on any atom is 0.410 e. The van der Waals surface area contributed by atoms with Gasteiger partial charge in [0.2, 0.25) is 0 Å². The molecule has 1 atom stereocenters. The highest BCUT2D eigenvalue weighted by Crippen LogP contribution is 2.18. The number of hydrogen-bond acceptors (Lipinski definition) is 6. The first-order chi connectivity index (χ1) is 11.6. The summed E-state index contributed by atoms with van der Waals surface area (Å²) >= 11 is 5.75. The second-order valence-corrected chi connectivity index (χ2v) is 8.66. The lowest BCUT2D eigenvalue weighted by Gasteiger charge is -2.33. The first-order valence-electron chi connectivity index (χ1n) is 7.81. The molecular formula is C16H22ClNO6S. The van der Waals surface area contributed by atoms with Crippen molar-refractivity contribution in [3.63, 3.8) is 0 Å². The number of carbonyl (C=O) groups excluding carboxylic acids is 1. The van der Waals surface area contributed by atoms with Gasteiger partial charge in [0.15, 0.2) is 0 Å². The predicted molar refractivity (Wildman–Crippen MR) is 92.1 cm³/mol. The van der Waals surface area contributed by atoms with Crippen molar-refractivity contribution in [2.24, 2.45) is 0 Å². The number of carbonyl (C=O) groups is 1. The maximum absolute atomic E-state index is 12.2. The van der Waals surface area contributed by atoms with Crippen molar-refractivity contribution < 1.29 is 26.9 Å². The Hall–Kier alpha value is -1.35. The quantitative estimate of drug-likeness (QED) is 0.734. The minimum absolute atomic E-state index is 0.0108. The lowest BCUT2D eigenvalue weighted by molar-refractivity contribution is -0.0549. The topological polar surface area (TPSA) is 82.1 Å². The van der Waals surface area contributed by atoms with Gasteiger partial charge in [-0.1, -0.05) is 11.6 Å². The molecule has 1 aliphatic rings. The minimum Gasteiger partial charge on any atom is -0.444 e. The van der Waals surface area contributed by atoms with E-state index in [4.69, 9.17) is 25.3 Å². The summed E-state index contributed by atoms with van der Waals surface area (Å²) in [6.07, 6.45) is -1.01. The Morgan fingerprint density at radius 2 is 1.96 bits per heavy atom. The summed E-state index contributed by atoms with van der Waals surface area (Å²) < 4.78 is 40.2. The molecule has 0 aliphatic carbocycles. The third-order valence-corrected chi connectivity index (χ3v) is 4.85. The molecule has 1 aromatic rings. The fourth-order valence-electron chi connectivity index (χ4n) is 2.15. The van der Waals surface area contributed by atoms with Crippen molar-refractivity contribution in [3.8, 4) is 0 Å². The molecule has 0 saturated carbocycles. The maximum atomic E-state index is 12.2. The predicted octanol–water partition coefficient (Wildman–Crippen LogP) is 2.68. The second-order valence-electron chi connectivity index (χ2n) is 6.61. The molecule has 1 unspecified atom stereocenters. The van der Waals surface area contributed by atoms with Gasteiger partial charge >= 0.3 is 6.09 Å². The SMILES string of the molecule is CC(C)(C)OC(=O)N1CCOC(COS(=O)(=O)c2ccc(Cl)cc2)C1. The van der Waals surface area contributed by atoms with E-state index < -0.39 is 27.9 Å². The average Bonchev–Trinajstić information content (AvgIpc) is 2.52. The van der Waals surface area contributed by atoms with Crippen LogP contribution >= 0.6 is 11.6 Å². The molecule has 0 spiro atoms. The smallest absolute Gasteiger partial charge is 0.410 e. The van der Waals surface area contributed by atoms with Gasteiger partial charge in [0.25, 0.3) is 10.1 Å². The molecule has 0 radical (unpaired) electrons. The van der Waals surface area contributed by atoms with Crippen molar-refractivity contribution in [3.05, 3.63) is 29.3 Å². The van der Waals surface area contributed by atoms with Crippen LogP contribution in [0.5, 0.6) is 0 Å². The van der Waals surface area contributed by atoms with E-state index in [0.29, 0.717) is 11.6 Å². The molecule has 9 heteroatoms. The number of hydrogen-bond donors (Lipinski definition) is 0. The second kappa shape index (κ2) is 7.90. The number of nitrogens with zero attached hydrogens (tertiary/aromatic N) is 1. The van der Waals surface area contributed by atoms with E-state index in [0.717, 1.165) is 0 Å². The van der Waals surface area contributed by atoms with Gasteiger partial charge in [0, 0.05) is 11.6 Å². The van der Waals surface area contributed by atoms with Crippen molar-refractivity contribution in [2.75, 3.05) is 26.3 Å². The Labute approximate surface area is 152 Å². The molecule has 1 aromatic carbocycles. The molecule has 0 aromatic heterocycles. The summed E-state index contributed by atoms with van der Waals surface area (Å²) in [7, 11) is -3.92. The van der Waals surface area contributed by atoms with Crippen LogP contribution < -0.4 is 0 Å². The monoisotopic (exact) mass is 391 g/mol. The van der Waals surface area contributed by atoms with Gasteiger partial charge < -0.3 is 14.4 Å². The van der Waals surface area contributed by atoms with E-state index in [-0.39, 0.29) is 24.7 Å². The third-order valence-electron chi connectivity index (χ3n) is 3.30. The highest BCUT2D eigenvalue weighted by Gasteiger charge is 2.29. The van der Waals surface area contributed by atoms with Crippen LogP contribution in [0.3, 0.4) is 0 Å². The number of ether oxygens (including phenoxy) is 2. The standard InChI is InChI=1S/C16H22ClNO6S/c1-16(2,3)24-15(19)18-8-9-22-13(10-18)11-23-25(20,21)14-6-4-12(17)5-7-14/h4-7,13H,8-11H2,1-3H3. The summed E-state index contributed by atoms with van der Waals surface area (Å²) in [5, 5.41) is 0.433. The third kappa shape index (κ3) is 6.14. The number of halogens is 1. The van der Waals surface area contributed by atoms with Gasteiger partial charge in [-0.15, -0.1) is 0 Å². The van der Waals surface area contributed by atoms with Gasteiger partial charge in [-0.3, -0.25) is 4.18 Å². The first-order valence-corrected chi connectivity index (χ1v) is 9.60. The number of morpholine rings is 1. The summed E-state index contributed by atoms with van der Waals surface area (Å²) in [6, 6.07) is 5.68. The molecule has 2 rings (SSSR count). The van der Waals surface area contributed by atoms with Gasteiger partial charge in [0.05, 0.1) is 24.7 Å². The molecule has 1 fully saturated rings.